The average molecular weight is 412 g/mol. The van der Waals surface area contributed by atoms with Crippen molar-refractivity contribution in [1.29, 1.82) is 0 Å². The fourth-order valence-corrected chi connectivity index (χ4v) is 4.57. The topological polar surface area (TPSA) is 84.9 Å². The fourth-order valence-electron chi connectivity index (χ4n) is 4.57. The molecule has 0 aromatic heterocycles. The highest BCUT2D eigenvalue weighted by Gasteiger charge is 2.76. The van der Waals surface area contributed by atoms with Crippen LogP contribution >= 0.6 is 0 Å². The van der Waals surface area contributed by atoms with Crippen LogP contribution in [0.4, 0.5) is 15.8 Å². The lowest BCUT2D eigenvalue weighted by molar-refractivity contribution is -0.170. The van der Waals surface area contributed by atoms with Gasteiger partial charge in [0.15, 0.2) is 5.54 Å². The van der Waals surface area contributed by atoms with Crippen LogP contribution in [0.15, 0.2) is 42.5 Å². The normalized spacial score (nSPS) is 20.5. The summed E-state index contributed by atoms with van der Waals surface area (Å²) in [5, 5.41) is 3.08. The molecular weight excluding hydrogens is 391 g/mol. The molecule has 8 heteroatoms. The highest BCUT2D eigenvalue weighted by atomic mass is 19.1. The Morgan fingerprint density at radius 1 is 1.03 bits per heavy atom. The van der Waals surface area contributed by atoms with Crippen LogP contribution in [0.2, 0.25) is 0 Å². The number of rotatable bonds is 4. The summed E-state index contributed by atoms with van der Waals surface area (Å²) in [5.41, 5.74) is -2.91. The molecule has 7 nitrogen and oxygen atoms in total. The highest BCUT2D eigenvalue weighted by molar-refractivity contribution is 6.23. The van der Waals surface area contributed by atoms with E-state index in [1.54, 1.807) is 38.1 Å². The minimum Gasteiger partial charge on any atom is -0.465 e. The van der Waals surface area contributed by atoms with E-state index in [0.29, 0.717) is 11.4 Å². The van der Waals surface area contributed by atoms with E-state index in [4.69, 9.17) is 9.47 Å². The van der Waals surface area contributed by atoms with E-state index in [0.717, 1.165) is 0 Å². The third-order valence-electron chi connectivity index (χ3n) is 5.73. The number of nitrogens with one attached hydrogen (secondary N) is 1. The van der Waals surface area contributed by atoms with Crippen LogP contribution in [0.1, 0.15) is 25.0 Å². The molecule has 156 valence electrons. The number of anilines is 2. The molecule has 2 aromatic rings. The number of esters is 2. The molecule has 0 aliphatic carbocycles. The maximum atomic E-state index is 14.3. The molecule has 4 rings (SSSR count). The van der Waals surface area contributed by atoms with Crippen molar-refractivity contribution < 1.29 is 28.2 Å². The predicted molar refractivity (Wildman–Crippen MR) is 106 cm³/mol. The molecule has 2 aliphatic heterocycles. The van der Waals surface area contributed by atoms with E-state index >= 15 is 0 Å². The van der Waals surface area contributed by atoms with E-state index in [2.05, 4.69) is 5.32 Å². The number of carbonyl (C=O) groups excluding carboxylic acids is 3. The zero-order chi connectivity index (χ0) is 21.7. The first-order chi connectivity index (χ1) is 14.4. The van der Waals surface area contributed by atoms with Crippen molar-refractivity contribution in [1.82, 2.24) is 0 Å². The quantitative estimate of drug-likeness (QED) is 0.614. The number of benzene rings is 2. The van der Waals surface area contributed by atoms with Crippen molar-refractivity contribution in [3.63, 3.8) is 0 Å². The number of nitrogens with zero attached hydrogens (tertiary/aromatic N) is 1. The van der Waals surface area contributed by atoms with Crippen molar-refractivity contribution in [3.8, 4) is 0 Å². The zero-order valence-corrected chi connectivity index (χ0v) is 16.8. The van der Waals surface area contributed by atoms with Crippen LogP contribution in [0.25, 0.3) is 0 Å². The van der Waals surface area contributed by atoms with Crippen molar-refractivity contribution in [2.75, 3.05) is 30.5 Å². The Morgan fingerprint density at radius 3 is 2.30 bits per heavy atom. The zero-order valence-electron chi connectivity index (χ0n) is 16.8. The molecule has 2 heterocycles. The number of para-hydroxylation sites is 1. The first-order valence-corrected chi connectivity index (χ1v) is 9.66. The number of carbonyl (C=O) groups is 3. The molecule has 0 bridgehead atoms. The van der Waals surface area contributed by atoms with Crippen molar-refractivity contribution >= 4 is 29.2 Å². The minimum absolute atomic E-state index is 0.0156. The summed E-state index contributed by atoms with van der Waals surface area (Å²) in [4.78, 5) is 42.1. The third-order valence-corrected chi connectivity index (χ3v) is 5.73. The smallest absolute Gasteiger partial charge is 0.331 e. The van der Waals surface area contributed by atoms with E-state index < -0.39 is 34.6 Å². The number of hydrogen-bond acceptors (Lipinski definition) is 6. The third kappa shape index (κ3) is 2.21. The molecule has 1 amide bonds. The van der Waals surface area contributed by atoms with Crippen LogP contribution < -0.4 is 10.2 Å². The lowest BCUT2D eigenvalue weighted by Gasteiger charge is -2.38. The van der Waals surface area contributed by atoms with E-state index in [1.807, 2.05) is 0 Å². The van der Waals surface area contributed by atoms with Gasteiger partial charge in [-0.25, -0.2) is 4.39 Å². The van der Waals surface area contributed by atoms with Gasteiger partial charge in [0.25, 0.3) is 5.91 Å². The maximum absolute atomic E-state index is 14.3. The summed E-state index contributed by atoms with van der Waals surface area (Å²) >= 11 is 0. The highest BCUT2D eigenvalue weighted by Crippen LogP contribution is 2.59. The minimum atomic E-state index is -2.18. The fraction of sp³-hybridized carbons (Fsp3) is 0.318. The first-order valence-electron chi connectivity index (χ1n) is 9.66. The second-order valence-electron chi connectivity index (χ2n) is 7.14. The Labute approximate surface area is 172 Å². The predicted octanol–water partition coefficient (Wildman–Crippen LogP) is 2.49. The lowest BCUT2D eigenvalue weighted by Crippen LogP contribution is -2.64. The molecule has 1 atom stereocenters. The van der Waals surface area contributed by atoms with Crippen molar-refractivity contribution in [3.05, 3.63) is 59.4 Å². The van der Waals surface area contributed by atoms with Gasteiger partial charge in [-0.2, -0.15) is 0 Å². The number of halogens is 1. The van der Waals surface area contributed by atoms with Gasteiger partial charge in [0.2, 0.25) is 5.41 Å². The maximum Gasteiger partial charge on any atom is 0.331 e. The van der Waals surface area contributed by atoms with Gasteiger partial charge >= 0.3 is 11.9 Å². The van der Waals surface area contributed by atoms with E-state index in [1.165, 1.54) is 30.1 Å². The van der Waals surface area contributed by atoms with Gasteiger partial charge in [-0.1, -0.05) is 18.2 Å². The Morgan fingerprint density at radius 2 is 1.67 bits per heavy atom. The molecule has 1 N–H and O–H groups in total. The van der Waals surface area contributed by atoms with Gasteiger partial charge in [-0.3, -0.25) is 14.4 Å². The molecule has 0 fully saturated rings. The molecular formula is C22H21FN2O5. The van der Waals surface area contributed by atoms with Crippen molar-refractivity contribution in [2.24, 2.45) is 0 Å². The first kappa shape index (κ1) is 19.9. The van der Waals surface area contributed by atoms with Gasteiger partial charge in [0.1, 0.15) is 5.82 Å². The van der Waals surface area contributed by atoms with Crippen LogP contribution in [0.3, 0.4) is 0 Å². The summed E-state index contributed by atoms with van der Waals surface area (Å²) in [6, 6.07) is 10.4. The Hall–Kier alpha value is -3.42. The Bertz CT molecular complexity index is 1050. The molecule has 0 saturated carbocycles. The summed E-state index contributed by atoms with van der Waals surface area (Å²) in [6.45, 7) is 3.18. The van der Waals surface area contributed by atoms with Gasteiger partial charge < -0.3 is 19.7 Å². The van der Waals surface area contributed by atoms with Crippen molar-refractivity contribution in [2.45, 2.75) is 24.8 Å². The molecule has 2 aromatic carbocycles. The molecule has 2 aliphatic rings. The standard InChI is InChI=1S/C22H21FN2O5/c1-4-29-19(27)21(20(28)30-5-2)14-8-6-7-9-16(14)24-22(21)15-12-13(23)10-11-17(15)25(3)18(22)26/h6-12,24H,4-5H2,1-3H3/t22-/m0/s1. The Balaban J connectivity index is 2.14. The van der Waals surface area contributed by atoms with Gasteiger partial charge in [-0.15, -0.1) is 0 Å². The SMILES string of the molecule is CCOC(=O)C1(C(=O)OCC)c2ccccc2N[C@@]12C(=O)N(C)c1ccc(F)cc12. The van der Waals surface area contributed by atoms with Gasteiger partial charge in [0.05, 0.1) is 13.2 Å². The monoisotopic (exact) mass is 412 g/mol. The number of ether oxygens (including phenoxy) is 2. The van der Waals surface area contributed by atoms with Gasteiger partial charge in [-0.05, 0) is 38.1 Å². The van der Waals surface area contributed by atoms with E-state index in [-0.39, 0.29) is 24.3 Å². The molecule has 0 radical (unpaired) electrons. The second kappa shape index (κ2) is 6.83. The van der Waals surface area contributed by atoms with Crippen LogP contribution in [0.5, 0.6) is 0 Å². The van der Waals surface area contributed by atoms with Gasteiger partial charge in [0, 0.05) is 29.5 Å². The van der Waals surface area contributed by atoms with Crippen LogP contribution in [0, 0.1) is 5.82 Å². The number of amides is 1. The Kier molecular flexibility index (Phi) is 4.52. The largest absolute Gasteiger partial charge is 0.465 e. The lowest BCUT2D eigenvalue weighted by atomic mass is 9.64. The summed E-state index contributed by atoms with van der Waals surface area (Å²) < 4.78 is 25.0. The van der Waals surface area contributed by atoms with Crippen LogP contribution in [-0.4, -0.2) is 38.1 Å². The summed E-state index contributed by atoms with van der Waals surface area (Å²) in [7, 11) is 1.51. The second-order valence-corrected chi connectivity index (χ2v) is 7.14. The molecule has 30 heavy (non-hydrogen) atoms. The molecule has 0 unspecified atom stereocenters. The van der Waals surface area contributed by atoms with Crippen LogP contribution in [-0.2, 0) is 34.8 Å². The molecule has 1 spiro atoms. The average Bonchev–Trinajstić information content (AvgIpc) is 3.15. The summed E-state index contributed by atoms with van der Waals surface area (Å²) in [6.07, 6.45) is 0. The number of hydrogen-bond donors (Lipinski definition) is 1. The number of likely N-dealkylation sites (N-methyl/N-ethyl adjacent to an activating group) is 1. The molecule has 0 saturated heterocycles. The number of fused-ring (bicyclic) bond motifs is 3. The summed E-state index contributed by atoms with van der Waals surface area (Å²) in [5.74, 6) is -3.05. The van der Waals surface area contributed by atoms with E-state index in [9.17, 15) is 18.8 Å².